The van der Waals surface area contributed by atoms with Crippen LogP contribution >= 0.6 is 0 Å². The zero-order valence-electron chi connectivity index (χ0n) is 9.79. The fourth-order valence-electron chi connectivity index (χ4n) is 1.60. The third-order valence-corrected chi connectivity index (χ3v) is 2.30. The molecular weight excluding hydrogens is 226 g/mol. The molecule has 6 heteroatoms. The van der Waals surface area contributed by atoms with Gasteiger partial charge in [-0.15, -0.1) is 0 Å². The molecule has 0 aromatic carbocycles. The standard InChI is InChI=1S/C11H13NO5/c1-4-17-11(16)8-5(2)7(6(3)13)9(12-8)10(14)15/h12H,4H2,1-3H3,(H,14,15). The van der Waals surface area contributed by atoms with Gasteiger partial charge in [0.25, 0.3) is 0 Å². The number of esters is 1. The second-order valence-electron chi connectivity index (χ2n) is 3.46. The molecule has 1 aromatic rings. The van der Waals surface area contributed by atoms with Gasteiger partial charge in [-0.05, 0) is 26.3 Å². The Labute approximate surface area is 97.6 Å². The number of carboxylic acid groups (broad SMARTS) is 1. The molecule has 0 amide bonds. The highest BCUT2D eigenvalue weighted by Gasteiger charge is 2.25. The van der Waals surface area contributed by atoms with Gasteiger partial charge in [0.1, 0.15) is 11.4 Å². The second-order valence-corrected chi connectivity index (χ2v) is 3.46. The summed E-state index contributed by atoms with van der Waals surface area (Å²) in [6.45, 7) is 4.57. The summed E-state index contributed by atoms with van der Waals surface area (Å²) in [6.07, 6.45) is 0. The lowest BCUT2D eigenvalue weighted by molar-refractivity contribution is 0.0519. The smallest absolute Gasteiger partial charge is 0.355 e. The SMILES string of the molecule is CCOC(=O)c1[nH]c(C(=O)O)c(C(C)=O)c1C. The van der Waals surface area contributed by atoms with Crippen LogP contribution in [0.5, 0.6) is 0 Å². The number of rotatable bonds is 4. The highest BCUT2D eigenvalue weighted by molar-refractivity contribution is 6.08. The lowest BCUT2D eigenvalue weighted by atomic mass is 10.1. The molecule has 2 N–H and O–H groups in total. The fraction of sp³-hybridized carbons (Fsp3) is 0.364. The Kier molecular flexibility index (Phi) is 3.67. The molecule has 0 atom stereocenters. The average Bonchev–Trinajstić information content (AvgIpc) is 2.56. The molecule has 0 bridgehead atoms. The van der Waals surface area contributed by atoms with Crippen LogP contribution in [0.15, 0.2) is 0 Å². The lowest BCUT2D eigenvalue weighted by Crippen LogP contribution is -2.07. The van der Waals surface area contributed by atoms with Crippen LogP contribution in [-0.2, 0) is 4.74 Å². The van der Waals surface area contributed by atoms with Crippen molar-refractivity contribution in [2.75, 3.05) is 6.61 Å². The average molecular weight is 239 g/mol. The van der Waals surface area contributed by atoms with E-state index in [9.17, 15) is 14.4 Å². The molecule has 17 heavy (non-hydrogen) atoms. The molecule has 0 radical (unpaired) electrons. The van der Waals surface area contributed by atoms with E-state index in [1.165, 1.54) is 13.8 Å². The van der Waals surface area contributed by atoms with Gasteiger partial charge in [0, 0.05) is 0 Å². The van der Waals surface area contributed by atoms with Gasteiger partial charge >= 0.3 is 11.9 Å². The van der Waals surface area contributed by atoms with Crippen LogP contribution in [0.2, 0.25) is 0 Å². The minimum Gasteiger partial charge on any atom is -0.477 e. The Morgan fingerprint density at radius 2 is 1.88 bits per heavy atom. The largest absolute Gasteiger partial charge is 0.477 e. The molecule has 0 unspecified atom stereocenters. The normalized spacial score (nSPS) is 10.1. The van der Waals surface area contributed by atoms with E-state index in [-0.39, 0.29) is 23.6 Å². The number of carbonyl (C=O) groups excluding carboxylic acids is 2. The summed E-state index contributed by atoms with van der Waals surface area (Å²) in [7, 11) is 0. The Balaban J connectivity index is 3.36. The van der Waals surface area contributed by atoms with Crippen molar-refractivity contribution >= 4 is 17.7 Å². The van der Waals surface area contributed by atoms with Crippen molar-refractivity contribution in [2.24, 2.45) is 0 Å². The van der Waals surface area contributed by atoms with Gasteiger partial charge in [-0.25, -0.2) is 9.59 Å². The van der Waals surface area contributed by atoms with E-state index in [0.29, 0.717) is 5.56 Å². The van der Waals surface area contributed by atoms with Gasteiger partial charge in [0.2, 0.25) is 0 Å². The molecule has 0 aliphatic carbocycles. The van der Waals surface area contributed by atoms with Crippen molar-refractivity contribution in [1.82, 2.24) is 4.98 Å². The van der Waals surface area contributed by atoms with E-state index in [4.69, 9.17) is 9.84 Å². The summed E-state index contributed by atoms with van der Waals surface area (Å²) in [5, 5.41) is 8.93. The summed E-state index contributed by atoms with van der Waals surface area (Å²) < 4.78 is 4.76. The van der Waals surface area contributed by atoms with Crippen LogP contribution < -0.4 is 0 Å². The minimum absolute atomic E-state index is 0.00875. The number of hydrogen-bond donors (Lipinski definition) is 2. The van der Waals surface area contributed by atoms with Gasteiger partial charge in [0.05, 0.1) is 12.2 Å². The number of ether oxygens (including phenoxy) is 1. The number of H-pyrrole nitrogens is 1. The van der Waals surface area contributed by atoms with Gasteiger partial charge in [-0.1, -0.05) is 0 Å². The maximum absolute atomic E-state index is 11.5. The topological polar surface area (TPSA) is 96.5 Å². The van der Waals surface area contributed by atoms with Gasteiger partial charge in [-0.3, -0.25) is 4.79 Å². The van der Waals surface area contributed by atoms with Crippen molar-refractivity contribution < 1.29 is 24.2 Å². The number of ketones is 1. The van der Waals surface area contributed by atoms with Crippen molar-refractivity contribution in [3.63, 3.8) is 0 Å². The number of aromatic amines is 1. The predicted octanol–water partition coefficient (Wildman–Crippen LogP) is 1.40. The molecule has 0 fully saturated rings. The van der Waals surface area contributed by atoms with Crippen LogP contribution in [0.3, 0.4) is 0 Å². The van der Waals surface area contributed by atoms with Crippen LogP contribution in [0.25, 0.3) is 0 Å². The van der Waals surface area contributed by atoms with E-state index < -0.39 is 17.7 Å². The van der Waals surface area contributed by atoms with Gasteiger partial charge in [0.15, 0.2) is 5.78 Å². The van der Waals surface area contributed by atoms with Crippen molar-refractivity contribution in [3.05, 3.63) is 22.5 Å². The first-order chi connectivity index (χ1) is 7.90. The van der Waals surface area contributed by atoms with Crippen molar-refractivity contribution in [3.8, 4) is 0 Å². The number of Topliss-reactive ketones (excluding diaryl/α,β-unsaturated/α-hetero) is 1. The molecule has 0 aliphatic heterocycles. The number of carboxylic acids is 1. The summed E-state index contributed by atoms with van der Waals surface area (Å²) in [5.41, 5.74) is 0.0430. The molecule has 1 heterocycles. The van der Waals surface area contributed by atoms with Gasteiger partial charge < -0.3 is 14.8 Å². The van der Waals surface area contributed by atoms with Crippen molar-refractivity contribution in [2.45, 2.75) is 20.8 Å². The van der Waals surface area contributed by atoms with Crippen LogP contribution in [0.1, 0.15) is 50.7 Å². The van der Waals surface area contributed by atoms with E-state index in [1.54, 1.807) is 6.92 Å². The first-order valence-corrected chi connectivity index (χ1v) is 5.04. The van der Waals surface area contributed by atoms with Crippen LogP contribution in [-0.4, -0.2) is 34.4 Å². The van der Waals surface area contributed by atoms with E-state index in [1.807, 2.05) is 0 Å². The number of aromatic carboxylic acids is 1. The first-order valence-electron chi connectivity index (χ1n) is 5.04. The summed E-state index contributed by atoms with van der Waals surface area (Å²) in [6, 6.07) is 0. The molecule has 92 valence electrons. The Morgan fingerprint density at radius 1 is 1.29 bits per heavy atom. The third-order valence-electron chi connectivity index (χ3n) is 2.30. The zero-order chi connectivity index (χ0) is 13.2. The number of aromatic nitrogens is 1. The molecule has 0 saturated heterocycles. The molecule has 0 aliphatic rings. The Bertz CT molecular complexity index is 486. The quantitative estimate of drug-likeness (QED) is 0.611. The van der Waals surface area contributed by atoms with E-state index in [2.05, 4.69) is 4.98 Å². The number of carbonyl (C=O) groups is 3. The number of hydrogen-bond acceptors (Lipinski definition) is 4. The molecule has 1 aromatic heterocycles. The highest BCUT2D eigenvalue weighted by atomic mass is 16.5. The maximum atomic E-state index is 11.5. The fourth-order valence-corrected chi connectivity index (χ4v) is 1.60. The van der Waals surface area contributed by atoms with Crippen molar-refractivity contribution in [1.29, 1.82) is 0 Å². The second kappa shape index (κ2) is 4.82. The van der Waals surface area contributed by atoms with E-state index in [0.717, 1.165) is 0 Å². The molecule has 6 nitrogen and oxygen atoms in total. The summed E-state index contributed by atoms with van der Waals surface area (Å²) in [4.78, 5) is 36.2. The number of nitrogens with one attached hydrogen (secondary N) is 1. The third kappa shape index (κ3) is 2.35. The summed E-state index contributed by atoms with van der Waals surface area (Å²) in [5.74, 6) is -2.36. The Morgan fingerprint density at radius 3 is 2.24 bits per heavy atom. The summed E-state index contributed by atoms with van der Waals surface area (Å²) >= 11 is 0. The predicted molar refractivity (Wildman–Crippen MR) is 58.5 cm³/mol. The molecule has 0 spiro atoms. The van der Waals surface area contributed by atoms with E-state index >= 15 is 0 Å². The maximum Gasteiger partial charge on any atom is 0.355 e. The molecule has 1 rings (SSSR count). The Hall–Kier alpha value is -2.11. The lowest BCUT2D eigenvalue weighted by Gasteiger charge is -2.00. The van der Waals surface area contributed by atoms with Crippen LogP contribution in [0.4, 0.5) is 0 Å². The first kappa shape index (κ1) is 13.0. The molecular formula is C11H13NO5. The van der Waals surface area contributed by atoms with Gasteiger partial charge in [-0.2, -0.15) is 0 Å². The monoisotopic (exact) mass is 239 g/mol. The highest BCUT2D eigenvalue weighted by Crippen LogP contribution is 2.20. The zero-order valence-corrected chi connectivity index (χ0v) is 9.79. The van der Waals surface area contributed by atoms with Crippen LogP contribution in [0, 0.1) is 6.92 Å². The minimum atomic E-state index is -1.28. The molecule has 0 saturated carbocycles.